The molecule has 0 aliphatic carbocycles. The zero-order chi connectivity index (χ0) is 23.7. The molecule has 2 heterocycles. The van der Waals surface area contributed by atoms with Gasteiger partial charge < -0.3 is 4.74 Å². The summed E-state index contributed by atoms with van der Waals surface area (Å²) in [5.41, 5.74) is 1.55. The van der Waals surface area contributed by atoms with Gasteiger partial charge >= 0.3 is 5.97 Å². The van der Waals surface area contributed by atoms with Crippen LogP contribution in [0.3, 0.4) is 0 Å². The molecule has 34 heavy (non-hydrogen) atoms. The van der Waals surface area contributed by atoms with Crippen molar-refractivity contribution in [1.29, 1.82) is 0 Å². The number of hydrogen-bond donors (Lipinski definition) is 0. The molecular weight excluding hydrogens is 454 g/mol. The van der Waals surface area contributed by atoms with E-state index < -0.39 is 16.0 Å². The van der Waals surface area contributed by atoms with E-state index in [0.29, 0.717) is 12.1 Å². The zero-order valence-electron chi connectivity index (χ0n) is 18.1. The minimum atomic E-state index is -3.93. The number of nitrogens with zero attached hydrogens (tertiary/aromatic N) is 5. The van der Waals surface area contributed by atoms with Crippen LogP contribution >= 0.6 is 0 Å². The quantitative estimate of drug-likeness (QED) is 0.410. The number of esters is 1. The van der Waals surface area contributed by atoms with Gasteiger partial charge in [0, 0.05) is 12.6 Å². The lowest BCUT2D eigenvalue weighted by atomic mass is 10.1. The fraction of sp³-hybridized carbons (Fsp3) is 0.0833. The maximum Gasteiger partial charge on any atom is 0.343 e. The Morgan fingerprint density at radius 2 is 1.56 bits per heavy atom. The number of sulfonamides is 1. The van der Waals surface area contributed by atoms with Crippen molar-refractivity contribution in [2.45, 2.75) is 11.4 Å². The van der Waals surface area contributed by atoms with Crippen molar-refractivity contribution in [1.82, 2.24) is 24.5 Å². The third-order valence-electron chi connectivity index (χ3n) is 5.34. The van der Waals surface area contributed by atoms with Crippen LogP contribution in [0, 0.1) is 0 Å². The molecule has 0 spiro atoms. The summed E-state index contributed by atoms with van der Waals surface area (Å²) in [5.74, 6) is -0.569. The summed E-state index contributed by atoms with van der Waals surface area (Å²) in [7, 11) is -2.56. The lowest BCUT2D eigenvalue weighted by Crippen LogP contribution is -2.32. The summed E-state index contributed by atoms with van der Waals surface area (Å²) in [5, 5.41) is 12.5. The van der Waals surface area contributed by atoms with Crippen LogP contribution in [0.5, 0.6) is 0 Å². The molecule has 1 aromatic heterocycles. The molecule has 1 aliphatic heterocycles. The fourth-order valence-electron chi connectivity index (χ4n) is 3.64. The summed E-state index contributed by atoms with van der Waals surface area (Å²) in [6, 6.07) is 24.3. The molecule has 0 amide bonds. The van der Waals surface area contributed by atoms with Crippen LogP contribution in [-0.2, 0) is 21.3 Å². The van der Waals surface area contributed by atoms with Gasteiger partial charge in [-0.1, -0.05) is 60.7 Å². The summed E-state index contributed by atoms with van der Waals surface area (Å²) >= 11 is 0. The minimum absolute atomic E-state index is 0.0207. The predicted molar refractivity (Wildman–Crippen MR) is 123 cm³/mol. The van der Waals surface area contributed by atoms with Gasteiger partial charge in [-0.15, -0.1) is 10.2 Å². The van der Waals surface area contributed by atoms with E-state index in [9.17, 15) is 13.2 Å². The summed E-state index contributed by atoms with van der Waals surface area (Å²) in [4.78, 5) is 14.3. The average molecular weight is 474 g/mol. The Morgan fingerprint density at radius 3 is 2.29 bits per heavy atom. The second-order valence-electron chi connectivity index (χ2n) is 7.53. The zero-order valence-corrected chi connectivity index (χ0v) is 18.9. The second-order valence-corrected chi connectivity index (χ2v) is 9.47. The van der Waals surface area contributed by atoms with Crippen molar-refractivity contribution < 1.29 is 17.9 Å². The summed E-state index contributed by atoms with van der Waals surface area (Å²) in [6.45, 7) is 0.341. The van der Waals surface area contributed by atoms with E-state index in [2.05, 4.69) is 15.4 Å². The monoisotopic (exact) mass is 473 g/mol. The lowest BCUT2D eigenvalue weighted by Gasteiger charge is -2.29. The van der Waals surface area contributed by atoms with Gasteiger partial charge in [0.2, 0.25) is 5.82 Å². The molecule has 0 N–H and O–H groups in total. The standard InChI is InChI=1S/C24H19N5O4S/c1-28-21(23-25-27-29(26-23)16-17-10-4-2-5-11-17)22(33-24(30)18-12-6-3-7-13-18)19-14-8-9-15-20(19)34(28,31)32/h2-15H,16H2,1H3. The Bertz CT molecular complexity index is 1500. The lowest BCUT2D eigenvalue weighted by molar-refractivity contribution is 0.0690. The van der Waals surface area contributed by atoms with E-state index in [1.54, 1.807) is 48.5 Å². The normalized spacial score (nSPS) is 14.6. The molecule has 0 atom stereocenters. The van der Waals surface area contributed by atoms with E-state index in [0.717, 1.165) is 9.87 Å². The smallest absolute Gasteiger partial charge is 0.343 e. The SMILES string of the molecule is CN1C(c2nnn(Cc3ccccc3)n2)=C(OC(=O)c2ccccc2)c2ccccc2S1(=O)=O. The van der Waals surface area contributed by atoms with Gasteiger partial charge in [0.25, 0.3) is 10.0 Å². The average Bonchev–Trinajstić information content (AvgIpc) is 3.31. The van der Waals surface area contributed by atoms with Gasteiger partial charge in [0.1, 0.15) is 5.70 Å². The van der Waals surface area contributed by atoms with Crippen LogP contribution < -0.4 is 0 Å². The highest BCUT2D eigenvalue weighted by atomic mass is 32.2. The highest BCUT2D eigenvalue weighted by Crippen LogP contribution is 2.40. The van der Waals surface area contributed by atoms with Crippen LogP contribution in [0.4, 0.5) is 0 Å². The van der Waals surface area contributed by atoms with Crippen LogP contribution in [0.15, 0.2) is 89.8 Å². The van der Waals surface area contributed by atoms with Crippen LogP contribution in [0.1, 0.15) is 27.3 Å². The molecule has 0 bridgehead atoms. The van der Waals surface area contributed by atoms with Gasteiger partial charge in [0.15, 0.2) is 5.76 Å². The summed E-state index contributed by atoms with van der Waals surface area (Å²) in [6.07, 6.45) is 0. The minimum Gasteiger partial charge on any atom is -0.420 e. The van der Waals surface area contributed by atoms with Crippen molar-refractivity contribution in [3.63, 3.8) is 0 Å². The Morgan fingerprint density at radius 1 is 0.912 bits per heavy atom. The predicted octanol–water partition coefficient (Wildman–Crippen LogP) is 3.04. The Kier molecular flexibility index (Phi) is 5.42. The summed E-state index contributed by atoms with van der Waals surface area (Å²) < 4.78 is 33.3. The molecule has 1 aliphatic rings. The molecule has 0 saturated heterocycles. The van der Waals surface area contributed by atoms with E-state index >= 15 is 0 Å². The molecule has 0 unspecified atom stereocenters. The molecule has 4 aromatic rings. The molecule has 170 valence electrons. The van der Waals surface area contributed by atoms with Crippen molar-refractivity contribution in [2.75, 3.05) is 7.05 Å². The number of carbonyl (C=O) groups is 1. The van der Waals surface area contributed by atoms with Gasteiger partial charge in [-0.25, -0.2) is 13.2 Å². The fourth-order valence-corrected chi connectivity index (χ4v) is 5.03. The third kappa shape index (κ3) is 3.84. The van der Waals surface area contributed by atoms with Gasteiger partial charge in [-0.2, -0.15) is 4.80 Å². The molecule has 0 fully saturated rings. The first-order valence-corrected chi connectivity index (χ1v) is 11.8. The van der Waals surface area contributed by atoms with Crippen LogP contribution in [-0.4, -0.2) is 45.9 Å². The van der Waals surface area contributed by atoms with Gasteiger partial charge in [0.05, 0.1) is 17.0 Å². The van der Waals surface area contributed by atoms with Crippen molar-refractivity contribution >= 4 is 27.4 Å². The molecule has 10 heteroatoms. The first-order valence-electron chi connectivity index (χ1n) is 10.4. The van der Waals surface area contributed by atoms with E-state index in [4.69, 9.17) is 4.74 Å². The van der Waals surface area contributed by atoms with Crippen LogP contribution in [0.25, 0.3) is 11.5 Å². The molecule has 0 saturated carbocycles. The molecule has 5 rings (SSSR count). The maximum absolute atomic E-state index is 13.3. The number of aromatic nitrogens is 4. The molecule has 3 aromatic carbocycles. The number of carbonyl (C=O) groups excluding carboxylic acids is 1. The highest BCUT2D eigenvalue weighted by Gasteiger charge is 2.39. The molecular formula is C24H19N5O4S. The van der Waals surface area contributed by atoms with Gasteiger partial charge in [-0.05, 0) is 35.0 Å². The highest BCUT2D eigenvalue weighted by molar-refractivity contribution is 7.89. The van der Waals surface area contributed by atoms with Crippen LogP contribution in [0.2, 0.25) is 0 Å². The first-order chi connectivity index (χ1) is 16.4. The van der Waals surface area contributed by atoms with Crippen molar-refractivity contribution in [2.24, 2.45) is 0 Å². The number of tetrazole rings is 1. The van der Waals surface area contributed by atoms with E-state index in [1.165, 1.54) is 17.9 Å². The number of benzene rings is 3. The Balaban J connectivity index is 1.63. The topological polar surface area (TPSA) is 107 Å². The van der Waals surface area contributed by atoms with Crippen molar-refractivity contribution in [3.05, 3.63) is 107 Å². The maximum atomic E-state index is 13.3. The van der Waals surface area contributed by atoms with E-state index in [1.807, 2.05) is 30.3 Å². The largest absolute Gasteiger partial charge is 0.420 e. The number of hydrogen-bond acceptors (Lipinski definition) is 7. The second kappa shape index (κ2) is 8.56. The number of fused-ring (bicyclic) bond motifs is 1. The number of ether oxygens (including phenoxy) is 1. The van der Waals surface area contributed by atoms with E-state index in [-0.39, 0.29) is 27.7 Å². The Labute approximate surface area is 196 Å². The molecule has 9 nitrogen and oxygen atoms in total. The number of rotatable bonds is 5. The van der Waals surface area contributed by atoms with Gasteiger partial charge in [-0.3, -0.25) is 4.31 Å². The third-order valence-corrected chi connectivity index (χ3v) is 7.15. The first kappa shape index (κ1) is 21.5. The Hall–Kier alpha value is -4.31. The molecule has 0 radical (unpaired) electrons. The van der Waals surface area contributed by atoms with Crippen molar-refractivity contribution in [3.8, 4) is 0 Å².